The summed E-state index contributed by atoms with van der Waals surface area (Å²) in [6.45, 7) is 1.77. The standard InChI is InChI=1S/C15H17N3O7S/c1-10-17-18-14(25-10)9-24-15(19)8-16-26(20,21)11-3-4-12-13(7-11)23-6-2-5-22-12/h3-4,7,16H,2,5-6,8-9H2,1H3. The van der Waals surface area contributed by atoms with Crippen molar-refractivity contribution in [1.29, 1.82) is 0 Å². The summed E-state index contributed by atoms with van der Waals surface area (Å²) in [7, 11) is -3.92. The lowest BCUT2D eigenvalue weighted by atomic mass is 10.3. The van der Waals surface area contributed by atoms with Crippen molar-refractivity contribution in [3.05, 3.63) is 30.0 Å². The molecule has 0 bridgehead atoms. The van der Waals surface area contributed by atoms with Gasteiger partial charge < -0.3 is 18.6 Å². The van der Waals surface area contributed by atoms with Gasteiger partial charge in [-0.05, 0) is 12.1 Å². The van der Waals surface area contributed by atoms with E-state index in [-0.39, 0.29) is 17.4 Å². The zero-order valence-electron chi connectivity index (χ0n) is 13.9. The third kappa shape index (κ3) is 4.49. The lowest BCUT2D eigenvalue weighted by Gasteiger charge is -2.10. The first-order valence-electron chi connectivity index (χ1n) is 7.78. The Balaban J connectivity index is 1.58. The molecule has 0 saturated carbocycles. The Morgan fingerprint density at radius 2 is 2.00 bits per heavy atom. The van der Waals surface area contributed by atoms with Crippen LogP contribution < -0.4 is 14.2 Å². The molecule has 1 aliphatic heterocycles. The van der Waals surface area contributed by atoms with Crippen LogP contribution in [0.3, 0.4) is 0 Å². The molecule has 0 radical (unpaired) electrons. The van der Waals surface area contributed by atoms with E-state index in [0.29, 0.717) is 37.0 Å². The fourth-order valence-electron chi connectivity index (χ4n) is 2.14. The minimum Gasteiger partial charge on any atom is -0.490 e. The average molecular weight is 383 g/mol. The van der Waals surface area contributed by atoms with E-state index in [1.54, 1.807) is 6.92 Å². The van der Waals surface area contributed by atoms with Gasteiger partial charge in [-0.2, -0.15) is 4.72 Å². The summed E-state index contributed by atoms with van der Waals surface area (Å²) in [5.74, 6) is 0.516. The number of nitrogens with one attached hydrogen (secondary N) is 1. The number of aryl methyl sites for hydroxylation is 1. The smallest absolute Gasteiger partial charge is 0.321 e. The van der Waals surface area contributed by atoms with Crippen LogP contribution in [0.5, 0.6) is 11.5 Å². The molecular formula is C15H17N3O7S. The Kier molecular flexibility index (Phi) is 5.38. The summed E-state index contributed by atoms with van der Waals surface area (Å²) in [6, 6.07) is 4.25. The third-order valence-corrected chi connectivity index (χ3v) is 4.76. The lowest BCUT2D eigenvalue weighted by molar-refractivity contribution is -0.144. The summed E-state index contributed by atoms with van der Waals surface area (Å²) in [5, 5.41) is 7.25. The van der Waals surface area contributed by atoms with Crippen LogP contribution in [0.2, 0.25) is 0 Å². The maximum atomic E-state index is 12.3. The second-order valence-corrected chi connectivity index (χ2v) is 7.13. The largest absolute Gasteiger partial charge is 0.490 e. The Labute approximate surface area is 149 Å². The summed E-state index contributed by atoms with van der Waals surface area (Å²) >= 11 is 0. The highest BCUT2D eigenvalue weighted by Gasteiger charge is 2.20. The monoisotopic (exact) mass is 383 g/mol. The number of nitrogens with zero attached hydrogens (tertiary/aromatic N) is 2. The predicted octanol–water partition coefficient (Wildman–Crippen LogP) is 0.561. The van der Waals surface area contributed by atoms with E-state index < -0.39 is 22.5 Å². The fourth-order valence-corrected chi connectivity index (χ4v) is 3.12. The molecule has 3 rings (SSSR count). The van der Waals surface area contributed by atoms with Gasteiger partial charge in [0.25, 0.3) is 5.89 Å². The molecule has 0 unspecified atom stereocenters. The number of esters is 1. The molecule has 1 aromatic carbocycles. The zero-order valence-corrected chi connectivity index (χ0v) is 14.7. The van der Waals surface area contributed by atoms with E-state index in [1.165, 1.54) is 18.2 Å². The highest BCUT2D eigenvalue weighted by atomic mass is 32.2. The molecule has 140 valence electrons. The zero-order chi connectivity index (χ0) is 18.6. The van der Waals surface area contributed by atoms with Crippen molar-refractivity contribution >= 4 is 16.0 Å². The van der Waals surface area contributed by atoms with Gasteiger partial charge in [-0.3, -0.25) is 4.79 Å². The number of hydrogen-bond acceptors (Lipinski definition) is 9. The number of carbonyl (C=O) groups is 1. The molecule has 1 N–H and O–H groups in total. The summed E-state index contributed by atoms with van der Waals surface area (Å²) in [6.07, 6.45) is 0.709. The van der Waals surface area contributed by atoms with Gasteiger partial charge in [0, 0.05) is 19.4 Å². The van der Waals surface area contributed by atoms with Gasteiger partial charge in [-0.1, -0.05) is 0 Å². The van der Waals surface area contributed by atoms with Crippen molar-refractivity contribution in [2.45, 2.75) is 24.8 Å². The molecule has 0 amide bonds. The minimum atomic E-state index is -3.92. The SMILES string of the molecule is Cc1nnc(COC(=O)CNS(=O)(=O)c2ccc3c(c2)OCCCO3)o1. The van der Waals surface area contributed by atoms with Crippen molar-refractivity contribution < 1.29 is 31.8 Å². The minimum absolute atomic E-state index is 0.0397. The second kappa shape index (κ2) is 7.70. The maximum Gasteiger partial charge on any atom is 0.321 e. The average Bonchev–Trinajstić information content (AvgIpc) is 2.89. The number of sulfonamides is 1. The summed E-state index contributed by atoms with van der Waals surface area (Å²) in [5.41, 5.74) is 0. The fraction of sp³-hybridized carbons (Fsp3) is 0.400. The summed E-state index contributed by atoms with van der Waals surface area (Å²) < 4.78 is 47.7. The molecule has 0 saturated heterocycles. The second-order valence-electron chi connectivity index (χ2n) is 5.36. The molecule has 0 fully saturated rings. The molecular weight excluding hydrogens is 366 g/mol. The number of ether oxygens (including phenoxy) is 3. The van der Waals surface area contributed by atoms with Crippen LogP contribution in [0.25, 0.3) is 0 Å². The lowest BCUT2D eigenvalue weighted by Crippen LogP contribution is -2.30. The molecule has 26 heavy (non-hydrogen) atoms. The first-order chi connectivity index (χ1) is 12.4. The molecule has 1 aliphatic rings. The van der Waals surface area contributed by atoms with E-state index in [4.69, 9.17) is 18.6 Å². The molecule has 2 heterocycles. The highest BCUT2D eigenvalue weighted by Crippen LogP contribution is 2.31. The maximum absolute atomic E-state index is 12.3. The molecule has 0 aliphatic carbocycles. The number of benzene rings is 1. The summed E-state index contributed by atoms with van der Waals surface area (Å²) in [4.78, 5) is 11.7. The van der Waals surface area contributed by atoms with Crippen LogP contribution >= 0.6 is 0 Å². The van der Waals surface area contributed by atoms with E-state index in [2.05, 4.69) is 14.9 Å². The number of carbonyl (C=O) groups excluding carboxylic acids is 1. The normalized spacial score (nSPS) is 13.9. The van der Waals surface area contributed by atoms with Crippen LogP contribution in [0.4, 0.5) is 0 Å². The van der Waals surface area contributed by atoms with Crippen molar-refractivity contribution in [3.8, 4) is 11.5 Å². The van der Waals surface area contributed by atoms with Gasteiger partial charge in [0.2, 0.25) is 15.9 Å². The van der Waals surface area contributed by atoms with Gasteiger partial charge in [-0.15, -0.1) is 10.2 Å². The highest BCUT2D eigenvalue weighted by molar-refractivity contribution is 7.89. The van der Waals surface area contributed by atoms with Gasteiger partial charge in [0.1, 0.15) is 6.54 Å². The van der Waals surface area contributed by atoms with Crippen molar-refractivity contribution in [3.63, 3.8) is 0 Å². The Bertz CT molecular complexity index is 894. The number of rotatable bonds is 6. The molecule has 0 atom stereocenters. The van der Waals surface area contributed by atoms with Crippen LogP contribution in [-0.4, -0.2) is 44.3 Å². The van der Waals surface area contributed by atoms with E-state index in [1.807, 2.05) is 0 Å². The van der Waals surface area contributed by atoms with Gasteiger partial charge in [0.15, 0.2) is 18.1 Å². The predicted molar refractivity (Wildman–Crippen MR) is 86.1 cm³/mol. The van der Waals surface area contributed by atoms with Crippen molar-refractivity contribution in [1.82, 2.24) is 14.9 Å². The number of aromatic nitrogens is 2. The topological polar surface area (TPSA) is 130 Å². The first-order valence-corrected chi connectivity index (χ1v) is 9.26. The molecule has 2 aromatic rings. The van der Waals surface area contributed by atoms with Gasteiger partial charge in [-0.25, -0.2) is 8.42 Å². The quantitative estimate of drug-likeness (QED) is 0.711. The number of hydrogen-bond donors (Lipinski definition) is 1. The van der Waals surface area contributed by atoms with Crippen molar-refractivity contribution in [2.24, 2.45) is 0 Å². The van der Waals surface area contributed by atoms with Gasteiger partial charge >= 0.3 is 5.97 Å². The van der Waals surface area contributed by atoms with E-state index >= 15 is 0 Å². The van der Waals surface area contributed by atoms with Crippen LogP contribution in [0.1, 0.15) is 18.2 Å². The Hall–Kier alpha value is -2.66. The molecule has 10 nitrogen and oxygen atoms in total. The Morgan fingerprint density at radius 3 is 2.73 bits per heavy atom. The third-order valence-electron chi connectivity index (χ3n) is 3.36. The molecule has 11 heteroatoms. The Morgan fingerprint density at radius 1 is 1.23 bits per heavy atom. The van der Waals surface area contributed by atoms with Crippen LogP contribution in [0.15, 0.2) is 27.5 Å². The van der Waals surface area contributed by atoms with E-state index in [9.17, 15) is 13.2 Å². The van der Waals surface area contributed by atoms with Gasteiger partial charge in [0.05, 0.1) is 18.1 Å². The molecule has 0 spiro atoms. The van der Waals surface area contributed by atoms with Crippen LogP contribution in [-0.2, 0) is 26.2 Å². The molecule has 1 aromatic heterocycles. The van der Waals surface area contributed by atoms with E-state index in [0.717, 1.165) is 0 Å². The van der Waals surface area contributed by atoms with Crippen LogP contribution in [0, 0.1) is 6.92 Å². The first kappa shape index (κ1) is 18.1. The number of fused-ring (bicyclic) bond motifs is 1. The van der Waals surface area contributed by atoms with Crippen molar-refractivity contribution in [2.75, 3.05) is 19.8 Å².